The number of esters is 3. The van der Waals surface area contributed by atoms with E-state index in [-0.39, 0.29) is 31.1 Å². The van der Waals surface area contributed by atoms with Crippen LogP contribution in [0.15, 0.2) is 109 Å². The summed E-state index contributed by atoms with van der Waals surface area (Å²) in [6, 6.07) is 0. The smallest absolute Gasteiger partial charge is 0.306 e. The number of allylic oxidation sites excluding steroid dienone is 18. The van der Waals surface area contributed by atoms with Gasteiger partial charge in [-0.15, -0.1) is 0 Å². The molecule has 0 bridgehead atoms. The molecule has 0 radical (unpaired) electrons. The minimum atomic E-state index is -0.797. The maximum absolute atomic E-state index is 12.8. The monoisotopic (exact) mass is 929 g/mol. The second kappa shape index (κ2) is 54.7. The number of hydrogen-bond acceptors (Lipinski definition) is 6. The van der Waals surface area contributed by atoms with Crippen molar-refractivity contribution >= 4 is 17.9 Å². The van der Waals surface area contributed by atoms with Crippen LogP contribution < -0.4 is 0 Å². The topological polar surface area (TPSA) is 78.9 Å². The second-order valence-electron chi connectivity index (χ2n) is 17.7. The van der Waals surface area contributed by atoms with E-state index in [9.17, 15) is 14.4 Å². The van der Waals surface area contributed by atoms with Crippen LogP contribution in [0, 0.1) is 0 Å². The highest BCUT2D eigenvalue weighted by molar-refractivity contribution is 5.71. The Morgan fingerprint density at radius 1 is 0.299 bits per heavy atom. The van der Waals surface area contributed by atoms with Gasteiger partial charge in [-0.25, -0.2) is 0 Å². The van der Waals surface area contributed by atoms with Gasteiger partial charge in [0.15, 0.2) is 6.10 Å². The third kappa shape index (κ3) is 52.9. The van der Waals surface area contributed by atoms with E-state index in [4.69, 9.17) is 14.2 Å². The van der Waals surface area contributed by atoms with Crippen LogP contribution >= 0.6 is 0 Å². The van der Waals surface area contributed by atoms with Crippen molar-refractivity contribution in [3.8, 4) is 0 Å². The lowest BCUT2D eigenvalue weighted by Gasteiger charge is -2.18. The van der Waals surface area contributed by atoms with Crippen LogP contribution in [0.4, 0.5) is 0 Å². The molecule has 0 saturated heterocycles. The highest BCUT2D eigenvalue weighted by Gasteiger charge is 2.19. The van der Waals surface area contributed by atoms with Gasteiger partial charge in [-0.1, -0.05) is 214 Å². The first-order valence-electron chi connectivity index (χ1n) is 27.4. The number of carbonyl (C=O) groups excluding carboxylic acids is 3. The summed E-state index contributed by atoms with van der Waals surface area (Å²) in [6.45, 7) is 6.28. The molecule has 0 aliphatic carbocycles. The van der Waals surface area contributed by atoms with Crippen molar-refractivity contribution in [2.45, 2.75) is 245 Å². The molecule has 0 aromatic carbocycles. The molecule has 0 aliphatic rings. The fourth-order valence-electron chi connectivity index (χ4n) is 7.25. The molecule has 67 heavy (non-hydrogen) atoms. The molecule has 0 aromatic heterocycles. The highest BCUT2D eigenvalue weighted by Crippen LogP contribution is 2.14. The van der Waals surface area contributed by atoms with E-state index in [1.807, 2.05) is 0 Å². The van der Waals surface area contributed by atoms with Gasteiger partial charge < -0.3 is 14.2 Å². The molecule has 0 rings (SSSR count). The number of hydrogen-bond donors (Lipinski definition) is 0. The summed E-state index contributed by atoms with van der Waals surface area (Å²) in [4.78, 5) is 38.1. The minimum absolute atomic E-state index is 0.0941. The molecule has 0 amide bonds. The van der Waals surface area contributed by atoms with Gasteiger partial charge in [-0.3, -0.25) is 14.4 Å². The van der Waals surface area contributed by atoms with E-state index < -0.39 is 6.10 Å². The lowest BCUT2D eigenvalue weighted by Crippen LogP contribution is -2.30. The molecule has 6 nitrogen and oxygen atoms in total. The molecular weight excluding hydrogens is 829 g/mol. The lowest BCUT2D eigenvalue weighted by molar-refractivity contribution is -0.167. The number of ether oxygens (including phenoxy) is 3. The van der Waals surface area contributed by atoms with Crippen molar-refractivity contribution < 1.29 is 28.6 Å². The second-order valence-corrected chi connectivity index (χ2v) is 17.7. The fourth-order valence-corrected chi connectivity index (χ4v) is 7.25. The highest BCUT2D eigenvalue weighted by atomic mass is 16.6. The van der Waals surface area contributed by atoms with E-state index in [0.717, 1.165) is 148 Å². The van der Waals surface area contributed by atoms with Gasteiger partial charge >= 0.3 is 17.9 Å². The molecule has 0 heterocycles. The first-order valence-corrected chi connectivity index (χ1v) is 27.4. The summed E-state index contributed by atoms with van der Waals surface area (Å²) >= 11 is 0. The Bertz CT molecular complexity index is 1390. The van der Waals surface area contributed by atoms with Crippen molar-refractivity contribution in [1.29, 1.82) is 0 Å². The summed E-state index contributed by atoms with van der Waals surface area (Å²) in [5, 5.41) is 0. The molecule has 0 aromatic rings. The largest absolute Gasteiger partial charge is 0.462 e. The Kier molecular flexibility index (Phi) is 51.5. The molecular formula is C61H100O6. The van der Waals surface area contributed by atoms with Crippen LogP contribution in [-0.2, 0) is 28.6 Å². The van der Waals surface area contributed by atoms with Crippen molar-refractivity contribution in [2.75, 3.05) is 13.2 Å². The molecule has 0 fully saturated rings. The SMILES string of the molecule is CC/C=C\C/C=C\C/C=C\C/C=C\CCCCCCCCC(=O)OCC(COC(=O)CCCCCCCCC/C=C\C/C=C\CC)OC(=O)CCCCCCCC/C=C\C/C=C\C/C=C\CC. The van der Waals surface area contributed by atoms with E-state index in [1.165, 1.54) is 51.4 Å². The average Bonchev–Trinajstić information content (AvgIpc) is 3.33. The van der Waals surface area contributed by atoms with Gasteiger partial charge in [-0.05, 0) is 116 Å². The van der Waals surface area contributed by atoms with E-state index in [0.29, 0.717) is 19.3 Å². The Morgan fingerprint density at radius 3 is 0.836 bits per heavy atom. The van der Waals surface area contributed by atoms with E-state index in [1.54, 1.807) is 0 Å². The van der Waals surface area contributed by atoms with Gasteiger partial charge in [0.05, 0.1) is 0 Å². The van der Waals surface area contributed by atoms with Crippen LogP contribution in [0.1, 0.15) is 239 Å². The average molecular weight is 929 g/mol. The van der Waals surface area contributed by atoms with Crippen molar-refractivity contribution in [2.24, 2.45) is 0 Å². The van der Waals surface area contributed by atoms with Crippen LogP contribution in [0.5, 0.6) is 0 Å². The van der Waals surface area contributed by atoms with Gasteiger partial charge in [0.25, 0.3) is 0 Å². The zero-order valence-corrected chi connectivity index (χ0v) is 43.4. The number of rotatable bonds is 48. The maximum atomic E-state index is 12.8. The van der Waals surface area contributed by atoms with Crippen LogP contribution in [0.25, 0.3) is 0 Å². The van der Waals surface area contributed by atoms with Gasteiger partial charge in [0.2, 0.25) is 0 Å². The zero-order valence-electron chi connectivity index (χ0n) is 43.4. The molecule has 6 heteroatoms. The van der Waals surface area contributed by atoms with E-state index in [2.05, 4.69) is 130 Å². The molecule has 380 valence electrons. The van der Waals surface area contributed by atoms with Crippen LogP contribution in [0.2, 0.25) is 0 Å². The van der Waals surface area contributed by atoms with Crippen molar-refractivity contribution in [3.05, 3.63) is 109 Å². The Morgan fingerprint density at radius 2 is 0.537 bits per heavy atom. The Balaban J connectivity index is 4.44. The zero-order chi connectivity index (χ0) is 48.6. The molecule has 0 aliphatic heterocycles. The molecule has 1 unspecified atom stereocenters. The van der Waals surface area contributed by atoms with Gasteiger partial charge in [0, 0.05) is 19.3 Å². The minimum Gasteiger partial charge on any atom is -0.462 e. The predicted molar refractivity (Wildman–Crippen MR) is 288 cm³/mol. The van der Waals surface area contributed by atoms with Crippen LogP contribution in [0.3, 0.4) is 0 Å². The van der Waals surface area contributed by atoms with Crippen molar-refractivity contribution in [1.82, 2.24) is 0 Å². The predicted octanol–water partition coefficient (Wildman–Crippen LogP) is 18.3. The fraction of sp³-hybridized carbons (Fsp3) is 0.656. The van der Waals surface area contributed by atoms with Gasteiger partial charge in [0.1, 0.15) is 13.2 Å². The Hall–Kier alpha value is -3.93. The first-order chi connectivity index (χ1) is 33.0. The number of unbranched alkanes of at least 4 members (excludes halogenated alkanes) is 19. The normalized spacial score (nSPS) is 12.9. The summed E-state index contributed by atoms with van der Waals surface area (Å²) in [6.07, 6.45) is 73.6. The van der Waals surface area contributed by atoms with Crippen molar-refractivity contribution in [3.63, 3.8) is 0 Å². The Labute approximate surface area is 412 Å². The van der Waals surface area contributed by atoms with Gasteiger partial charge in [-0.2, -0.15) is 0 Å². The lowest BCUT2D eigenvalue weighted by atomic mass is 10.1. The first kappa shape index (κ1) is 63.1. The summed E-state index contributed by atoms with van der Waals surface area (Å²) in [5.41, 5.74) is 0. The summed E-state index contributed by atoms with van der Waals surface area (Å²) in [7, 11) is 0. The summed E-state index contributed by atoms with van der Waals surface area (Å²) < 4.78 is 16.8. The molecule has 1 atom stereocenters. The molecule has 0 saturated carbocycles. The van der Waals surface area contributed by atoms with E-state index >= 15 is 0 Å². The third-order valence-electron chi connectivity index (χ3n) is 11.3. The van der Waals surface area contributed by atoms with Crippen LogP contribution in [-0.4, -0.2) is 37.2 Å². The number of carbonyl (C=O) groups is 3. The standard InChI is InChI=1S/C61H100O6/c1-4-7-10-13-16-19-22-25-28-30-31-32-34-36-39-42-45-48-51-54-60(63)66-57-58(56-65-59(62)53-50-47-44-41-38-35-27-24-21-18-15-12-9-6-3)67-61(64)55-52-49-46-43-40-37-33-29-26-23-20-17-14-11-8-5-2/h7-12,16-21,25-26,28-29,31-32,58H,4-6,13-15,22-24,27,30,33-57H2,1-3H3/b10-7-,11-8-,12-9-,19-16-,20-17-,21-18-,28-25-,29-26-,32-31-. The molecule has 0 spiro atoms. The summed E-state index contributed by atoms with van der Waals surface area (Å²) in [5.74, 6) is -0.931. The molecule has 0 N–H and O–H groups in total. The third-order valence-corrected chi connectivity index (χ3v) is 11.3. The quantitative estimate of drug-likeness (QED) is 0.0262. The maximum Gasteiger partial charge on any atom is 0.306 e.